The van der Waals surface area contributed by atoms with E-state index >= 15 is 0 Å². The minimum Gasteiger partial charge on any atom is -0.393 e. The Morgan fingerprint density at radius 1 is 1.07 bits per heavy atom. The molecule has 4 aliphatic carbocycles. The number of hydrogen-bond acceptors (Lipinski definition) is 6. The highest BCUT2D eigenvalue weighted by Crippen LogP contribution is 2.69. The largest absolute Gasteiger partial charge is 0.393 e. The first-order valence-electron chi connectivity index (χ1n) is 10.3. The Morgan fingerprint density at radius 2 is 1.74 bits per heavy atom. The van der Waals surface area contributed by atoms with Gasteiger partial charge in [0.2, 0.25) is 0 Å². The fourth-order valence-corrected chi connectivity index (χ4v) is 7.57. The van der Waals surface area contributed by atoms with Crippen LogP contribution in [0.15, 0.2) is 11.6 Å². The van der Waals surface area contributed by atoms with Gasteiger partial charge in [-0.15, -0.1) is 0 Å². The molecule has 154 valence electrons. The van der Waals surface area contributed by atoms with Crippen molar-refractivity contribution in [1.82, 2.24) is 0 Å². The average molecular weight is 382 g/mol. The van der Waals surface area contributed by atoms with Gasteiger partial charge in [0.05, 0.1) is 24.4 Å². The Labute approximate surface area is 160 Å². The SMILES string of the molecule is C[C@@H](O)[C@H]1CC[C@@]2(O)[C@]1(C)[C@H](O)[C@@H](O)[C@@H]1[C@@]3(C)CC[C@H](O)CC3=CC[C@]12O. The zero-order valence-corrected chi connectivity index (χ0v) is 16.5. The van der Waals surface area contributed by atoms with E-state index in [1.807, 2.05) is 13.0 Å². The van der Waals surface area contributed by atoms with Crippen molar-refractivity contribution in [1.29, 1.82) is 0 Å². The van der Waals surface area contributed by atoms with Gasteiger partial charge in [-0.1, -0.05) is 25.5 Å². The molecule has 3 saturated carbocycles. The minimum atomic E-state index is -1.61. The third-order valence-corrected chi connectivity index (χ3v) is 9.10. The number of fused-ring (bicyclic) bond motifs is 5. The van der Waals surface area contributed by atoms with Crippen molar-refractivity contribution in [2.24, 2.45) is 22.7 Å². The van der Waals surface area contributed by atoms with Gasteiger partial charge in [0.15, 0.2) is 0 Å². The molecule has 27 heavy (non-hydrogen) atoms. The molecule has 0 saturated heterocycles. The summed E-state index contributed by atoms with van der Waals surface area (Å²) in [6.45, 7) is 5.31. The molecule has 0 aliphatic heterocycles. The van der Waals surface area contributed by atoms with Crippen LogP contribution < -0.4 is 0 Å². The highest BCUT2D eigenvalue weighted by atomic mass is 16.4. The van der Waals surface area contributed by atoms with Crippen LogP contribution in [-0.2, 0) is 0 Å². The highest BCUT2D eigenvalue weighted by Gasteiger charge is 2.78. The summed E-state index contributed by atoms with van der Waals surface area (Å²) in [5.41, 5.74) is -4.00. The summed E-state index contributed by atoms with van der Waals surface area (Å²) in [6.07, 6.45) is 0.849. The van der Waals surface area contributed by atoms with E-state index < -0.39 is 58.3 Å². The quantitative estimate of drug-likeness (QED) is 0.367. The van der Waals surface area contributed by atoms with Gasteiger partial charge in [-0.3, -0.25) is 0 Å². The van der Waals surface area contributed by atoms with E-state index in [1.54, 1.807) is 13.8 Å². The smallest absolute Gasteiger partial charge is 0.104 e. The molecule has 3 fully saturated rings. The van der Waals surface area contributed by atoms with Crippen molar-refractivity contribution in [3.8, 4) is 0 Å². The Hall–Kier alpha value is -0.500. The number of aliphatic hydroxyl groups is 6. The first-order valence-corrected chi connectivity index (χ1v) is 10.3. The van der Waals surface area contributed by atoms with Gasteiger partial charge in [-0.2, -0.15) is 0 Å². The van der Waals surface area contributed by atoms with Crippen molar-refractivity contribution in [2.45, 2.75) is 94.9 Å². The molecule has 6 nitrogen and oxygen atoms in total. The van der Waals surface area contributed by atoms with Gasteiger partial charge in [0.25, 0.3) is 0 Å². The molecule has 0 heterocycles. The monoisotopic (exact) mass is 382 g/mol. The molecule has 6 heteroatoms. The van der Waals surface area contributed by atoms with E-state index in [4.69, 9.17) is 0 Å². The Bertz CT molecular complexity index is 663. The summed E-state index contributed by atoms with van der Waals surface area (Å²) in [5.74, 6) is -1.14. The summed E-state index contributed by atoms with van der Waals surface area (Å²) in [6, 6.07) is 0. The van der Waals surface area contributed by atoms with E-state index in [0.29, 0.717) is 25.7 Å². The lowest BCUT2D eigenvalue weighted by Gasteiger charge is -2.67. The van der Waals surface area contributed by atoms with Crippen LogP contribution in [0, 0.1) is 22.7 Å². The fraction of sp³-hybridized carbons (Fsp3) is 0.905. The average Bonchev–Trinajstić information content (AvgIpc) is 2.88. The molecule has 0 radical (unpaired) electrons. The summed E-state index contributed by atoms with van der Waals surface area (Å²) < 4.78 is 0. The molecule has 0 spiro atoms. The zero-order chi connectivity index (χ0) is 20.0. The van der Waals surface area contributed by atoms with Gasteiger partial charge in [-0.05, 0) is 56.8 Å². The lowest BCUT2D eigenvalue weighted by Crippen LogP contribution is -2.79. The summed E-state index contributed by atoms with van der Waals surface area (Å²) >= 11 is 0. The van der Waals surface area contributed by atoms with Gasteiger partial charge < -0.3 is 30.6 Å². The van der Waals surface area contributed by atoms with Crippen molar-refractivity contribution in [2.75, 3.05) is 0 Å². The normalized spacial score (nSPS) is 58.7. The third-order valence-electron chi connectivity index (χ3n) is 9.10. The number of hydrogen-bond donors (Lipinski definition) is 6. The maximum atomic E-state index is 11.9. The highest BCUT2D eigenvalue weighted by molar-refractivity contribution is 5.35. The Balaban J connectivity index is 1.88. The lowest BCUT2D eigenvalue weighted by atomic mass is 9.42. The van der Waals surface area contributed by atoms with Crippen molar-refractivity contribution < 1.29 is 30.6 Å². The van der Waals surface area contributed by atoms with E-state index in [0.717, 1.165) is 5.57 Å². The molecule has 0 bridgehead atoms. The Morgan fingerprint density at radius 3 is 2.37 bits per heavy atom. The van der Waals surface area contributed by atoms with Crippen LogP contribution in [0.25, 0.3) is 0 Å². The minimum absolute atomic E-state index is 0.178. The topological polar surface area (TPSA) is 121 Å². The van der Waals surface area contributed by atoms with Crippen LogP contribution in [0.1, 0.15) is 59.3 Å². The molecule has 10 atom stereocenters. The van der Waals surface area contributed by atoms with E-state index in [9.17, 15) is 30.6 Å². The van der Waals surface area contributed by atoms with Crippen LogP contribution in [0.3, 0.4) is 0 Å². The molecule has 6 N–H and O–H groups in total. The summed E-state index contributed by atoms with van der Waals surface area (Å²) in [4.78, 5) is 0. The van der Waals surface area contributed by atoms with Crippen LogP contribution in [0.2, 0.25) is 0 Å². The summed E-state index contributed by atoms with van der Waals surface area (Å²) in [7, 11) is 0. The van der Waals surface area contributed by atoms with Crippen LogP contribution in [0.4, 0.5) is 0 Å². The third kappa shape index (κ3) is 2.12. The number of aliphatic hydroxyl groups excluding tert-OH is 4. The first kappa shape index (κ1) is 19.8. The van der Waals surface area contributed by atoms with Crippen LogP contribution >= 0.6 is 0 Å². The second-order valence-electron chi connectivity index (χ2n) is 10.1. The predicted octanol–water partition coefficient (Wildman–Crippen LogP) is 0.478. The van der Waals surface area contributed by atoms with Gasteiger partial charge in [0, 0.05) is 11.3 Å². The maximum absolute atomic E-state index is 11.9. The number of rotatable bonds is 1. The van der Waals surface area contributed by atoms with E-state index in [-0.39, 0.29) is 12.8 Å². The second-order valence-corrected chi connectivity index (χ2v) is 10.1. The molecule has 0 aromatic heterocycles. The van der Waals surface area contributed by atoms with E-state index in [1.165, 1.54) is 0 Å². The fourth-order valence-electron chi connectivity index (χ4n) is 7.57. The van der Waals surface area contributed by atoms with Crippen LogP contribution in [0.5, 0.6) is 0 Å². The Kier molecular flexibility index (Phi) is 4.23. The predicted molar refractivity (Wildman–Crippen MR) is 98.6 cm³/mol. The van der Waals surface area contributed by atoms with Crippen molar-refractivity contribution in [3.05, 3.63) is 11.6 Å². The maximum Gasteiger partial charge on any atom is 0.104 e. The molecule has 4 rings (SSSR count). The molecule has 0 aromatic carbocycles. The lowest BCUT2D eigenvalue weighted by molar-refractivity contribution is -0.331. The van der Waals surface area contributed by atoms with Crippen molar-refractivity contribution >= 4 is 0 Å². The molecule has 0 amide bonds. The molecule has 0 unspecified atom stereocenters. The molecule has 4 aliphatic rings. The van der Waals surface area contributed by atoms with Gasteiger partial charge in [-0.25, -0.2) is 0 Å². The summed E-state index contributed by atoms with van der Waals surface area (Å²) in [5, 5.41) is 66.6. The van der Waals surface area contributed by atoms with E-state index in [2.05, 4.69) is 0 Å². The van der Waals surface area contributed by atoms with Crippen molar-refractivity contribution in [3.63, 3.8) is 0 Å². The molecule has 0 aromatic rings. The standard InChI is InChI=1S/C21H34O6/c1-11(22)14-6-9-21(27)19(14,3)17(25)15(24)16-18(2)7-5-13(23)10-12(18)4-8-20(16,21)26/h4,11,13-17,22-27H,5-10H2,1-3H3/t11-,13+,14-,15+,16-,17-,18+,19+,20+,21-/m1/s1. The van der Waals surface area contributed by atoms with Gasteiger partial charge >= 0.3 is 0 Å². The molecular formula is C21H34O6. The van der Waals surface area contributed by atoms with Gasteiger partial charge in [0.1, 0.15) is 11.2 Å². The second kappa shape index (κ2) is 5.77. The first-order chi connectivity index (χ1) is 12.4. The molecular weight excluding hydrogens is 348 g/mol. The van der Waals surface area contributed by atoms with Crippen LogP contribution in [-0.4, -0.2) is 66.3 Å². The zero-order valence-electron chi connectivity index (χ0n) is 16.5.